The minimum atomic E-state index is -0.0979. The topological polar surface area (TPSA) is 6.48 Å². The molecule has 0 saturated carbocycles. The lowest BCUT2D eigenvalue weighted by molar-refractivity contribution is 0.185. The number of piperidine rings is 1. The van der Waals surface area contributed by atoms with E-state index in [0.29, 0.717) is 0 Å². The first-order valence-electron chi connectivity index (χ1n) is 6.88. The molecular formula is C15H21FN2. The van der Waals surface area contributed by atoms with E-state index in [-0.39, 0.29) is 11.2 Å². The van der Waals surface area contributed by atoms with Gasteiger partial charge < -0.3 is 9.80 Å². The molecule has 0 aromatic heterocycles. The van der Waals surface area contributed by atoms with Crippen LogP contribution >= 0.6 is 0 Å². The summed E-state index contributed by atoms with van der Waals surface area (Å²) in [6.07, 6.45) is 2.40. The molecule has 18 heavy (non-hydrogen) atoms. The predicted molar refractivity (Wildman–Crippen MR) is 72.7 cm³/mol. The van der Waals surface area contributed by atoms with Crippen molar-refractivity contribution >= 4 is 5.69 Å². The van der Waals surface area contributed by atoms with Gasteiger partial charge in [0, 0.05) is 30.7 Å². The molecule has 1 fully saturated rings. The van der Waals surface area contributed by atoms with Gasteiger partial charge in [0.2, 0.25) is 0 Å². The van der Waals surface area contributed by atoms with Crippen molar-refractivity contribution in [3.05, 3.63) is 29.6 Å². The van der Waals surface area contributed by atoms with Gasteiger partial charge in [0.1, 0.15) is 5.82 Å². The normalized spacial score (nSPS) is 27.8. The standard InChI is InChI=1S/C15H21FN2/c1-3-18-11-15(7-4-8-17(2)10-15)13-9-12(16)5-6-14(13)18/h5-6,9H,3-4,7-8,10-11H2,1-2H3/t15-/m1/s1. The maximum atomic E-state index is 13.6. The Morgan fingerprint density at radius 3 is 2.89 bits per heavy atom. The van der Waals surface area contributed by atoms with Gasteiger partial charge in [-0.25, -0.2) is 4.39 Å². The van der Waals surface area contributed by atoms with Crippen LogP contribution in [0.1, 0.15) is 25.3 Å². The molecule has 2 nitrogen and oxygen atoms in total. The monoisotopic (exact) mass is 248 g/mol. The Hall–Kier alpha value is -1.09. The molecular weight excluding hydrogens is 227 g/mol. The number of hydrogen-bond acceptors (Lipinski definition) is 2. The molecule has 3 rings (SSSR count). The fourth-order valence-electron chi connectivity index (χ4n) is 3.74. The lowest BCUT2D eigenvalue weighted by Gasteiger charge is -2.39. The van der Waals surface area contributed by atoms with E-state index < -0.39 is 0 Å². The first-order chi connectivity index (χ1) is 8.64. The highest BCUT2D eigenvalue weighted by Gasteiger charge is 2.44. The Morgan fingerprint density at radius 2 is 2.17 bits per heavy atom. The van der Waals surface area contributed by atoms with E-state index in [2.05, 4.69) is 23.8 Å². The number of fused-ring (bicyclic) bond motifs is 2. The minimum Gasteiger partial charge on any atom is -0.371 e. The molecule has 0 amide bonds. The number of halogens is 1. The van der Waals surface area contributed by atoms with E-state index in [4.69, 9.17) is 0 Å². The third-order valence-corrected chi connectivity index (χ3v) is 4.51. The second-order valence-electron chi connectivity index (χ2n) is 5.80. The van der Waals surface area contributed by atoms with Crippen molar-refractivity contribution in [2.45, 2.75) is 25.2 Å². The maximum Gasteiger partial charge on any atom is 0.123 e. The molecule has 0 aliphatic carbocycles. The van der Waals surface area contributed by atoms with Crippen molar-refractivity contribution in [1.29, 1.82) is 0 Å². The third-order valence-electron chi connectivity index (χ3n) is 4.51. The Balaban J connectivity index is 2.06. The van der Waals surface area contributed by atoms with Crippen LogP contribution < -0.4 is 4.90 Å². The van der Waals surface area contributed by atoms with Gasteiger partial charge in [0.15, 0.2) is 0 Å². The molecule has 0 bridgehead atoms. The molecule has 0 radical (unpaired) electrons. The van der Waals surface area contributed by atoms with Gasteiger partial charge in [-0.3, -0.25) is 0 Å². The summed E-state index contributed by atoms with van der Waals surface area (Å²) >= 11 is 0. The van der Waals surface area contributed by atoms with Crippen molar-refractivity contribution in [3.8, 4) is 0 Å². The summed E-state index contributed by atoms with van der Waals surface area (Å²) in [5, 5.41) is 0. The Kier molecular flexibility index (Phi) is 2.81. The van der Waals surface area contributed by atoms with Gasteiger partial charge in [-0.05, 0) is 57.1 Å². The van der Waals surface area contributed by atoms with Gasteiger partial charge in [-0.2, -0.15) is 0 Å². The minimum absolute atomic E-state index is 0.0979. The van der Waals surface area contributed by atoms with Crippen molar-refractivity contribution in [1.82, 2.24) is 4.90 Å². The second-order valence-corrected chi connectivity index (χ2v) is 5.80. The number of benzene rings is 1. The summed E-state index contributed by atoms with van der Waals surface area (Å²) in [5.41, 5.74) is 2.63. The number of anilines is 1. The third kappa shape index (κ3) is 1.72. The highest BCUT2D eigenvalue weighted by atomic mass is 19.1. The molecule has 1 saturated heterocycles. The smallest absolute Gasteiger partial charge is 0.123 e. The van der Waals surface area contributed by atoms with E-state index in [1.807, 2.05) is 6.07 Å². The Morgan fingerprint density at radius 1 is 1.33 bits per heavy atom. The molecule has 2 heterocycles. The molecule has 3 heteroatoms. The van der Waals surface area contributed by atoms with Crippen LogP contribution in [0.3, 0.4) is 0 Å². The van der Waals surface area contributed by atoms with Gasteiger partial charge >= 0.3 is 0 Å². The van der Waals surface area contributed by atoms with Crippen LogP contribution in [0.5, 0.6) is 0 Å². The molecule has 1 spiro atoms. The SMILES string of the molecule is CCN1C[C@]2(CCCN(C)C2)c2cc(F)ccc21. The molecule has 0 N–H and O–H groups in total. The zero-order valence-corrected chi connectivity index (χ0v) is 11.2. The van der Waals surface area contributed by atoms with Crippen LogP contribution in [0.25, 0.3) is 0 Å². The van der Waals surface area contributed by atoms with Gasteiger partial charge in [-0.15, -0.1) is 0 Å². The van der Waals surface area contributed by atoms with Gasteiger partial charge in [0.05, 0.1) is 0 Å². The van der Waals surface area contributed by atoms with Crippen LogP contribution in [0.2, 0.25) is 0 Å². The molecule has 98 valence electrons. The van der Waals surface area contributed by atoms with E-state index in [0.717, 1.165) is 19.6 Å². The van der Waals surface area contributed by atoms with E-state index >= 15 is 0 Å². The van der Waals surface area contributed by atoms with Crippen molar-refractivity contribution < 1.29 is 4.39 Å². The van der Waals surface area contributed by atoms with E-state index in [1.165, 1.54) is 30.6 Å². The fraction of sp³-hybridized carbons (Fsp3) is 0.600. The molecule has 2 aliphatic heterocycles. The summed E-state index contributed by atoms with van der Waals surface area (Å²) in [4.78, 5) is 4.78. The van der Waals surface area contributed by atoms with Gasteiger partial charge in [-0.1, -0.05) is 0 Å². The quantitative estimate of drug-likeness (QED) is 0.754. The maximum absolute atomic E-state index is 13.6. The largest absolute Gasteiger partial charge is 0.371 e. The lowest BCUT2D eigenvalue weighted by atomic mass is 9.76. The van der Waals surface area contributed by atoms with Crippen LogP contribution in [0, 0.1) is 5.82 Å². The average molecular weight is 248 g/mol. The lowest BCUT2D eigenvalue weighted by Crippen LogP contribution is -2.47. The molecule has 1 atom stereocenters. The van der Waals surface area contributed by atoms with E-state index in [1.54, 1.807) is 12.1 Å². The van der Waals surface area contributed by atoms with E-state index in [9.17, 15) is 4.39 Å². The Labute approximate surface area is 108 Å². The second kappa shape index (κ2) is 4.23. The van der Waals surface area contributed by atoms with Crippen LogP contribution in [-0.4, -0.2) is 38.1 Å². The summed E-state index contributed by atoms with van der Waals surface area (Å²) < 4.78 is 13.6. The summed E-state index contributed by atoms with van der Waals surface area (Å²) in [6, 6.07) is 5.31. The first kappa shape index (κ1) is 12.0. The predicted octanol–water partition coefficient (Wildman–Crippen LogP) is 2.63. The zero-order chi connectivity index (χ0) is 12.8. The molecule has 2 aliphatic rings. The highest BCUT2D eigenvalue weighted by Crippen LogP contribution is 2.45. The number of likely N-dealkylation sites (N-methyl/N-ethyl adjacent to an activating group) is 2. The van der Waals surface area contributed by atoms with Crippen LogP contribution in [-0.2, 0) is 5.41 Å². The van der Waals surface area contributed by atoms with Crippen LogP contribution in [0.15, 0.2) is 18.2 Å². The molecule has 1 aromatic carbocycles. The summed E-state index contributed by atoms with van der Waals surface area (Å²) in [6.45, 7) is 6.45. The molecule has 0 unspecified atom stereocenters. The summed E-state index contributed by atoms with van der Waals surface area (Å²) in [7, 11) is 2.18. The fourth-order valence-corrected chi connectivity index (χ4v) is 3.74. The number of likely N-dealkylation sites (tertiary alicyclic amines) is 1. The number of rotatable bonds is 1. The number of hydrogen-bond donors (Lipinski definition) is 0. The average Bonchev–Trinajstić information content (AvgIpc) is 2.63. The van der Waals surface area contributed by atoms with Gasteiger partial charge in [0.25, 0.3) is 0 Å². The highest BCUT2D eigenvalue weighted by molar-refractivity contribution is 5.63. The van der Waals surface area contributed by atoms with Crippen LogP contribution in [0.4, 0.5) is 10.1 Å². The van der Waals surface area contributed by atoms with Crippen molar-refractivity contribution in [2.75, 3.05) is 38.1 Å². The zero-order valence-electron chi connectivity index (χ0n) is 11.2. The Bertz CT molecular complexity index is 460. The van der Waals surface area contributed by atoms with Crippen molar-refractivity contribution in [3.63, 3.8) is 0 Å². The summed E-state index contributed by atoms with van der Waals surface area (Å²) in [5.74, 6) is -0.0979. The number of nitrogens with zero attached hydrogens (tertiary/aromatic N) is 2. The van der Waals surface area contributed by atoms with Crippen molar-refractivity contribution in [2.24, 2.45) is 0 Å². The first-order valence-corrected chi connectivity index (χ1v) is 6.88. The molecule has 1 aromatic rings.